The summed E-state index contributed by atoms with van der Waals surface area (Å²) >= 11 is 5.84. The van der Waals surface area contributed by atoms with Gasteiger partial charge in [0.25, 0.3) is 11.8 Å². The Hall–Kier alpha value is -3.59. The van der Waals surface area contributed by atoms with Crippen molar-refractivity contribution >= 4 is 29.2 Å². The fraction of sp³-hybridized carbons (Fsp3) is 0.0500. The van der Waals surface area contributed by atoms with Crippen LogP contribution in [0.3, 0.4) is 0 Å². The number of hydrogen-bond acceptors (Lipinski definition) is 4. The maximum absolute atomic E-state index is 12.8. The van der Waals surface area contributed by atoms with Crippen molar-refractivity contribution in [2.24, 2.45) is 0 Å². The third kappa shape index (κ3) is 5.06. The molecule has 0 unspecified atom stereocenters. The molecule has 0 radical (unpaired) electrons. The number of aromatic nitrogens is 1. The zero-order valence-electron chi connectivity index (χ0n) is 15.1. The van der Waals surface area contributed by atoms with Gasteiger partial charge in [0.1, 0.15) is 5.02 Å². The molecule has 0 atom stereocenters. The summed E-state index contributed by atoms with van der Waals surface area (Å²) in [6.45, 7) is 0. The van der Waals surface area contributed by atoms with E-state index in [0.29, 0.717) is 23.0 Å². The first-order valence-corrected chi connectivity index (χ1v) is 8.80. The van der Waals surface area contributed by atoms with Crippen LogP contribution in [-0.4, -0.2) is 22.0 Å². The Kier molecular flexibility index (Phi) is 6.22. The Bertz CT molecular complexity index is 1050. The lowest BCUT2D eigenvalue weighted by Crippen LogP contribution is -2.42. The van der Waals surface area contributed by atoms with Gasteiger partial charge in [0.05, 0.1) is 5.56 Å². The van der Waals surface area contributed by atoms with Crippen molar-refractivity contribution < 1.29 is 27.6 Å². The average Bonchev–Trinajstić information content (AvgIpc) is 2.73. The van der Waals surface area contributed by atoms with E-state index in [9.17, 15) is 22.8 Å². The van der Waals surface area contributed by atoms with E-state index in [-0.39, 0.29) is 5.56 Å². The topological polar surface area (TPSA) is 71.5 Å². The molecular weight excluding hydrogens is 423 g/mol. The number of benzene rings is 2. The number of anilines is 1. The van der Waals surface area contributed by atoms with E-state index in [0.717, 1.165) is 0 Å². The fourth-order valence-electron chi connectivity index (χ4n) is 2.30. The second-order valence-corrected chi connectivity index (χ2v) is 6.27. The van der Waals surface area contributed by atoms with Crippen molar-refractivity contribution in [3.63, 3.8) is 0 Å². The number of para-hydroxylation sites is 1. The molecular formula is C20H13ClF3N3O3. The molecule has 2 aromatic carbocycles. The van der Waals surface area contributed by atoms with E-state index in [1.807, 2.05) is 0 Å². The standard InChI is InChI=1S/C20H13ClF3N3O3/c21-16-11-14(20(22,23)24)12-25-17(16)30-27(18(28)13-7-3-1-4-8-13)19(29)26-15-9-5-2-6-10-15/h1-12H,(H,26,29). The third-order valence-electron chi connectivity index (χ3n) is 3.73. The predicted octanol–water partition coefficient (Wildman–Crippen LogP) is 5.42. The largest absolute Gasteiger partial charge is 0.417 e. The number of urea groups is 1. The second kappa shape index (κ2) is 8.83. The van der Waals surface area contributed by atoms with Crippen molar-refractivity contribution in [2.75, 3.05) is 5.32 Å². The third-order valence-corrected chi connectivity index (χ3v) is 4.00. The number of hydroxylamine groups is 2. The minimum atomic E-state index is -4.67. The SMILES string of the molecule is O=C(Nc1ccccc1)N(Oc1ncc(C(F)(F)F)cc1Cl)C(=O)c1ccccc1. The summed E-state index contributed by atoms with van der Waals surface area (Å²) in [5, 5.41) is 2.27. The Morgan fingerprint density at radius 1 is 1.00 bits per heavy atom. The van der Waals surface area contributed by atoms with Gasteiger partial charge in [0.15, 0.2) is 0 Å². The van der Waals surface area contributed by atoms with Gasteiger partial charge < -0.3 is 10.2 Å². The normalized spacial score (nSPS) is 10.9. The minimum absolute atomic E-state index is 0.101. The van der Waals surface area contributed by atoms with Crippen molar-refractivity contribution in [3.8, 4) is 5.88 Å². The van der Waals surface area contributed by atoms with Gasteiger partial charge in [-0.15, -0.1) is 0 Å². The van der Waals surface area contributed by atoms with E-state index >= 15 is 0 Å². The van der Waals surface area contributed by atoms with Crippen LogP contribution in [0.1, 0.15) is 15.9 Å². The van der Waals surface area contributed by atoms with Gasteiger partial charge in [-0.05, 0) is 30.3 Å². The van der Waals surface area contributed by atoms with Crippen LogP contribution in [0.2, 0.25) is 5.02 Å². The summed E-state index contributed by atoms with van der Waals surface area (Å²) in [7, 11) is 0. The molecule has 6 nitrogen and oxygen atoms in total. The van der Waals surface area contributed by atoms with Gasteiger partial charge in [0.2, 0.25) is 0 Å². The number of hydrogen-bond donors (Lipinski definition) is 1. The summed E-state index contributed by atoms with van der Waals surface area (Å²) in [4.78, 5) is 34.2. The molecule has 3 aromatic rings. The molecule has 0 aliphatic heterocycles. The van der Waals surface area contributed by atoms with Crippen molar-refractivity contribution in [1.29, 1.82) is 0 Å². The van der Waals surface area contributed by atoms with E-state index in [4.69, 9.17) is 16.4 Å². The van der Waals surface area contributed by atoms with Crippen LogP contribution >= 0.6 is 11.6 Å². The molecule has 3 rings (SSSR count). The number of pyridine rings is 1. The number of imide groups is 1. The highest BCUT2D eigenvalue weighted by Crippen LogP contribution is 2.33. The lowest BCUT2D eigenvalue weighted by Gasteiger charge is -2.21. The summed E-state index contributed by atoms with van der Waals surface area (Å²) in [5.41, 5.74) is -0.637. The number of nitrogens with one attached hydrogen (secondary N) is 1. The van der Waals surface area contributed by atoms with Crippen molar-refractivity contribution in [3.05, 3.63) is 89.1 Å². The van der Waals surface area contributed by atoms with Gasteiger partial charge in [-0.3, -0.25) is 4.79 Å². The fourth-order valence-corrected chi connectivity index (χ4v) is 2.50. The summed E-state index contributed by atoms with van der Waals surface area (Å²) < 4.78 is 38.4. The van der Waals surface area contributed by atoms with Gasteiger partial charge in [-0.1, -0.05) is 53.1 Å². The highest BCUT2D eigenvalue weighted by atomic mass is 35.5. The highest BCUT2D eigenvalue weighted by molar-refractivity contribution is 6.31. The van der Waals surface area contributed by atoms with E-state index in [2.05, 4.69) is 10.3 Å². The smallest absolute Gasteiger partial charge is 0.345 e. The molecule has 1 aromatic heterocycles. The summed E-state index contributed by atoms with van der Waals surface area (Å²) in [6, 6.07) is 15.5. The molecule has 0 bridgehead atoms. The van der Waals surface area contributed by atoms with Gasteiger partial charge in [-0.25, -0.2) is 9.78 Å². The van der Waals surface area contributed by atoms with Gasteiger partial charge in [-0.2, -0.15) is 13.2 Å². The Morgan fingerprint density at radius 3 is 2.17 bits per heavy atom. The molecule has 0 saturated carbocycles. The Labute approximate surface area is 173 Å². The van der Waals surface area contributed by atoms with Crippen LogP contribution in [0.25, 0.3) is 0 Å². The Balaban J connectivity index is 1.91. The molecule has 10 heteroatoms. The molecule has 1 N–H and O–H groups in total. The minimum Gasteiger partial charge on any atom is -0.345 e. The van der Waals surface area contributed by atoms with Crippen LogP contribution < -0.4 is 10.2 Å². The van der Waals surface area contributed by atoms with Crippen molar-refractivity contribution in [1.82, 2.24) is 10.0 Å². The molecule has 0 aliphatic carbocycles. The number of carbonyl (C=O) groups is 2. The average molecular weight is 436 g/mol. The maximum atomic E-state index is 12.8. The number of nitrogens with zero attached hydrogens (tertiary/aromatic N) is 2. The predicted molar refractivity (Wildman–Crippen MR) is 103 cm³/mol. The van der Waals surface area contributed by atoms with Crippen LogP contribution in [0.15, 0.2) is 72.9 Å². The molecule has 0 saturated heterocycles. The van der Waals surface area contributed by atoms with Gasteiger partial charge >= 0.3 is 12.2 Å². The molecule has 0 fully saturated rings. The van der Waals surface area contributed by atoms with E-state index < -0.39 is 34.6 Å². The molecule has 3 amide bonds. The second-order valence-electron chi connectivity index (χ2n) is 5.86. The van der Waals surface area contributed by atoms with E-state index in [1.54, 1.807) is 48.5 Å². The molecule has 154 valence electrons. The summed E-state index contributed by atoms with van der Waals surface area (Å²) in [5.74, 6) is -1.42. The number of rotatable bonds is 4. The monoisotopic (exact) mass is 435 g/mol. The van der Waals surface area contributed by atoms with Crippen LogP contribution in [0.5, 0.6) is 5.88 Å². The molecule has 1 heterocycles. The van der Waals surface area contributed by atoms with Gasteiger partial charge in [0, 0.05) is 17.4 Å². The molecule has 0 aliphatic rings. The first-order chi connectivity index (χ1) is 14.3. The van der Waals surface area contributed by atoms with Crippen LogP contribution in [0.4, 0.5) is 23.7 Å². The Morgan fingerprint density at radius 2 is 1.60 bits per heavy atom. The zero-order valence-corrected chi connectivity index (χ0v) is 15.8. The van der Waals surface area contributed by atoms with E-state index in [1.165, 1.54) is 12.1 Å². The van der Waals surface area contributed by atoms with Crippen molar-refractivity contribution in [2.45, 2.75) is 6.18 Å². The zero-order chi connectivity index (χ0) is 21.7. The number of halogens is 4. The lowest BCUT2D eigenvalue weighted by molar-refractivity contribution is -0.137. The molecule has 30 heavy (non-hydrogen) atoms. The quantitative estimate of drug-likeness (QED) is 0.555. The maximum Gasteiger partial charge on any atom is 0.417 e. The highest BCUT2D eigenvalue weighted by Gasteiger charge is 2.33. The number of carbonyl (C=O) groups excluding carboxylic acids is 2. The molecule has 0 spiro atoms. The number of amides is 3. The number of alkyl halides is 3. The van der Waals surface area contributed by atoms with Crippen LogP contribution in [0, 0.1) is 0 Å². The van der Waals surface area contributed by atoms with Crippen LogP contribution in [-0.2, 0) is 6.18 Å². The summed E-state index contributed by atoms with van der Waals surface area (Å²) in [6.07, 6.45) is -4.18. The lowest BCUT2D eigenvalue weighted by atomic mass is 10.2. The first kappa shape index (κ1) is 21.1. The first-order valence-electron chi connectivity index (χ1n) is 8.42.